The smallest absolute Gasteiger partial charge is 0.389 e. The van der Waals surface area contributed by atoms with E-state index in [2.05, 4.69) is 9.97 Å². The second-order valence-electron chi connectivity index (χ2n) is 8.16. The molecule has 0 unspecified atom stereocenters. The molecule has 0 amide bonds. The molecule has 3 aromatic rings. The maximum atomic E-state index is 14.3. The summed E-state index contributed by atoms with van der Waals surface area (Å²) >= 11 is 0. The van der Waals surface area contributed by atoms with Crippen molar-refractivity contribution in [2.75, 3.05) is 18.0 Å². The van der Waals surface area contributed by atoms with Gasteiger partial charge in [-0.05, 0) is 36.2 Å². The van der Waals surface area contributed by atoms with Gasteiger partial charge in [0.05, 0.1) is 17.3 Å². The van der Waals surface area contributed by atoms with E-state index in [4.69, 9.17) is 10.00 Å². The second kappa shape index (κ2) is 10.1. The predicted molar refractivity (Wildman–Crippen MR) is 119 cm³/mol. The minimum Gasteiger partial charge on any atom is -0.490 e. The minimum atomic E-state index is -4.22. The molecule has 4 rings (SSSR count). The monoisotopic (exact) mass is 487 g/mol. The van der Waals surface area contributed by atoms with E-state index >= 15 is 0 Å². The number of rotatable bonds is 6. The molecule has 11 heteroatoms. The number of piperidine rings is 1. The summed E-state index contributed by atoms with van der Waals surface area (Å²) in [6.07, 6.45) is 0.0857. The zero-order valence-corrected chi connectivity index (χ0v) is 18.5. The molecule has 0 saturated carbocycles. The Balaban J connectivity index is 1.33. The number of nitriles is 1. The van der Waals surface area contributed by atoms with Crippen molar-refractivity contribution in [3.8, 4) is 17.5 Å². The molecule has 0 aliphatic carbocycles. The summed E-state index contributed by atoms with van der Waals surface area (Å²) in [5.41, 5.74) is 0.161. The highest BCUT2D eigenvalue weighted by atomic mass is 19.4. The van der Waals surface area contributed by atoms with E-state index < -0.39 is 24.0 Å². The standard InChI is InChI=1S/C24H21F4N5O2/c25-20-11-16(13-29)1-2-21(20)33-10-6-19(12-22(33)34)35-18-4-8-32(9-5-18)23-30-14-17(15-31-23)3-7-24(26,27)28/h1-2,6,10-12,14-15,18H,3-5,7-9H2. The van der Waals surface area contributed by atoms with Crippen LogP contribution in [0.1, 0.15) is 30.4 Å². The van der Waals surface area contributed by atoms with Gasteiger partial charge in [-0.2, -0.15) is 18.4 Å². The van der Waals surface area contributed by atoms with Crippen molar-refractivity contribution in [2.24, 2.45) is 0 Å². The van der Waals surface area contributed by atoms with Crippen LogP contribution in [0.3, 0.4) is 0 Å². The molecule has 0 N–H and O–H groups in total. The fourth-order valence-corrected chi connectivity index (χ4v) is 3.80. The maximum absolute atomic E-state index is 14.3. The number of aryl methyl sites for hydroxylation is 1. The van der Waals surface area contributed by atoms with Crippen LogP contribution in [0.15, 0.2) is 53.7 Å². The highest BCUT2D eigenvalue weighted by Crippen LogP contribution is 2.23. The Kier molecular flexibility index (Phi) is 7.00. The summed E-state index contributed by atoms with van der Waals surface area (Å²) < 4.78 is 58.4. The van der Waals surface area contributed by atoms with Crippen LogP contribution in [0, 0.1) is 17.1 Å². The summed E-state index contributed by atoms with van der Waals surface area (Å²) in [5, 5.41) is 8.86. The van der Waals surface area contributed by atoms with Crippen LogP contribution in [0.4, 0.5) is 23.5 Å². The Labute approximate surface area is 198 Å². The van der Waals surface area contributed by atoms with Crippen molar-refractivity contribution in [3.05, 3.63) is 76.2 Å². The van der Waals surface area contributed by atoms with Crippen molar-refractivity contribution < 1.29 is 22.3 Å². The fourth-order valence-electron chi connectivity index (χ4n) is 3.80. The first-order valence-corrected chi connectivity index (χ1v) is 10.9. The molecule has 0 atom stereocenters. The molecular formula is C24H21F4N5O2. The van der Waals surface area contributed by atoms with Crippen LogP contribution >= 0.6 is 0 Å². The molecule has 0 radical (unpaired) electrons. The summed E-state index contributed by atoms with van der Waals surface area (Å²) in [6, 6.07) is 8.58. The first-order valence-electron chi connectivity index (χ1n) is 10.9. The third-order valence-corrected chi connectivity index (χ3v) is 5.64. The van der Waals surface area contributed by atoms with Crippen LogP contribution in [0.5, 0.6) is 5.75 Å². The number of halogens is 4. The third-order valence-electron chi connectivity index (χ3n) is 5.64. The number of ether oxygens (including phenoxy) is 1. The number of hydrogen-bond acceptors (Lipinski definition) is 6. The molecule has 182 valence electrons. The van der Waals surface area contributed by atoms with E-state index in [0.29, 0.717) is 43.2 Å². The lowest BCUT2D eigenvalue weighted by atomic mass is 10.1. The highest BCUT2D eigenvalue weighted by molar-refractivity contribution is 5.41. The number of benzene rings is 1. The molecule has 35 heavy (non-hydrogen) atoms. The summed E-state index contributed by atoms with van der Waals surface area (Å²) in [5.74, 6) is 0.137. The lowest BCUT2D eigenvalue weighted by Gasteiger charge is -2.32. The molecule has 1 fully saturated rings. The third kappa shape index (κ3) is 6.15. The van der Waals surface area contributed by atoms with Crippen LogP contribution < -0.4 is 15.2 Å². The molecule has 1 aromatic carbocycles. The van der Waals surface area contributed by atoms with Gasteiger partial charge in [0.2, 0.25) is 5.95 Å². The molecule has 1 aliphatic heterocycles. The Morgan fingerprint density at radius 2 is 1.83 bits per heavy atom. The van der Waals surface area contributed by atoms with Gasteiger partial charge in [0, 0.05) is 57.0 Å². The predicted octanol–water partition coefficient (Wildman–Crippen LogP) is 4.18. The van der Waals surface area contributed by atoms with Crippen LogP contribution in [-0.2, 0) is 6.42 Å². The first-order chi connectivity index (χ1) is 16.7. The number of hydrogen-bond donors (Lipinski definition) is 0. The lowest BCUT2D eigenvalue weighted by Crippen LogP contribution is -2.39. The molecule has 0 bridgehead atoms. The summed E-state index contributed by atoms with van der Waals surface area (Å²) in [4.78, 5) is 22.8. The van der Waals surface area contributed by atoms with Crippen molar-refractivity contribution in [2.45, 2.75) is 38.0 Å². The number of alkyl halides is 3. The first kappa shape index (κ1) is 24.2. The molecule has 2 aromatic heterocycles. The van der Waals surface area contributed by atoms with Crippen LogP contribution in [0.25, 0.3) is 5.69 Å². The minimum absolute atomic E-state index is 0.0401. The van der Waals surface area contributed by atoms with E-state index in [0.717, 1.165) is 10.6 Å². The quantitative estimate of drug-likeness (QED) is 0.485. The molecular weight excluding hydrogens is 466 g/mol. The van der Waals surface area contributed by atoms with Gasteiger partial charge >= 0.3 is 6.18 Å². The van der Waals surface area contributed by atoms with Gasteiger partial charge in [-0.25, -0.2) is 14.4 Å². The Morgan fingerprint density at radius 1 is 1.11 bits per heavy atom. The van der Waals surface area contributed by atoms with Gasteiger partial charge in [0.25, 0.3) is 5.56 Å². The highest BCUT2D eigenvalue weighted by Gasteiger charge is 2.27. The van der Waals surface area contributed by atoms with Crippen molar-refractivity contribution in [1.82, 2.24) is 14.5 Å². The van der Waals surface area contributed by atoms with Crippen molar-refractivity contribution in [3.63, 3.8) is 0 Å². The van der Waals surface area contributed by atoms with Crippen LogP contribution in [-0.4, -0.2) is 39.9 Å². The number of aromatic nitrogens is 3. The van der Waals surface area contributed by atoms with Gasteiger partial charge < -0.3 is 9.64 Å². The molecule has 3 heterocycles. The molecule has 1 saturated heterocycles. The van der Waals surface area contributed by atoms with E-state index in [1.165, 1.54) is 36.8 Å². The van der Waals surface area contributed by atoms with Gasteiger partial charge in [-0.1, -0.05) is 0 Å². The average molecular weight is 487 g/mol. The maximum Gasteiger partial charge on any atom is 0.389 e. The molecule has 1 aliphatic rings. The Bertz CT molecular complexity index is 1280. The lowest BCUT2D eigenvalue weighted by molar-refractivity contribution is -0.134. The Hall–Kier alpha value is -3.94. The number of anilines is 1. The summed E-state index contributed by atoms with van der Waals surface area (Å²) in [6.45, 7) is 1.17. The summed E-state index contributed by atoms with van der Waals surface area (Å²) in [7, 11) is 0. The van der Waals surface area contributed by atoms with Gasteiger partial charge in [0.15, 0.2) is 0 Å². The Morgan fingerprint density at radius 3 is 2.43 bits per heavy atom. The molecule has 0 spiro atoms. The second-order valence-corrected chi connectivity index (χ2v) is 8.16. The van der Waals surface area contributed by atoms with Crippen LogP contribution in [0.2, 0.25) is 0 Å². The normalized spacial score (nSPS) is 14.5. The number of nitrogens with zero attached hydrogens (tertiary/aromatic N) is 5. The fraction of sp³-hybridized carbons (Fsp3) is 0.333. The molecule has 7 nitrogen and oxygen atoms in total. The largest absolute Gasteiger partial charge is 0.490 e. The van der Waals surface area contributed by atoms with Crippen molar-refractivity contribution in [1.29, 1.82) is 5.26 Å². The van der Waals surface area contributed by atoms with E-state index in [-0.39, 0.29) is 23.8 Å². The van der Waals surface area contributed by atoms with E-state index in [9.17, 15) is 22.4 Å². The topological polar surface area (TPSA) is 84.0 Å². The number of pyridine rings is 1. The van der Waals surface area contributed by atoms with Gasteiger partial charge in [-0.15, -0.1) is 0 Å². The van der Waals surface area contributed by atoms with Gasteiger partial charge in [-0.3, -0.25) is 9.36 Å². The van der Waals surface area contributed by atoms with Crippen molar-refractivity contribution >= 4 is 5.95 Å². The zero-order chi connectivity index (χ0) is 25.0. The zero-order valence-electron chi connectivity index (χ0n) is 18.5. The van der Waals surface area contributed by atoms with Gasteiger partial charge in [0.1, 0.15) is 17.7 Å². The van der Waals surface area contributed by atoms with E-state index in [1.807, 2.05) is 11.0 Å². The van der Waals surface area contributed by atoms with E-state index in [1.54, 1.807) is 6.07 Å². The SMILES string of the molecule is N#Cc1ccc(-n2ccc(OC3CCN(c4ncc(CCC(F)(F)F)cn4)CC3)cc2=O)c(F)c1. The average Bonchev–Trinajstić information content (AvgIpc) is 2.84.